The molecule has 0 spiro atoms. The highest BCUT2D eigenvalue weighted by molar-refractivity contribution is 5.95. The van der Waals surface area contributed by atoms with Gasteiger partial charge < -0.3 is 16.2 Å². The van der Waals surface area contributed by atoms with Crippen LogP contribution < -0.4 is 11.5 Å². The van der Waals surface area contributed by atoms with Crippen LogP contribution in [0.1, 0.15) is 26.3 Å². The van der Waals surface area contributed by atoms with Gasteiger partial charge in [-0.25, -0.2) is 4.79 Å². The van der Waals surface area contributed by atoms with Crippen molar-refractivity contribution in [1.82, 2.24) is 0 Å². The molecule has 5 heteroatoms. The van der Waals surface area contributed by atoms with Gasteiger partial charge in [0.2, 0.25) is 5.91 Å². The number of nitrogens with two attached hydrogens (primary N) is 2. The summed E-state index contributed by atoms with van der Waals surface area (Å²) in [6.45, 7) is 0.103. The minimum absolute atomic E-state index is 0.103. The lowest BCUT2D eigenvalue weighted by molar-refractivity contribution is 0.0473. The van der Waals surface area contributed by atoms with Crippen LogP contribution in [-0.4, -0.2) is 11.9 Å². The molecule has 2 aromatic rings. The Morgan fingerprint density at radius 3 is 2.25 bits per heavy atom. The van der Waals surface area contributed by atoms with Crippen molar-refractivity contribution in [2.75, 3.05) is 5.73 Å². The van der Waals surface area contributed by atoms with E-state index in [-0.39, 0.29) is 6.61 Å². The highest BCUT2D eigenvalue weighted by atomic mass is 16.5. The molecule has 0 saturated carbocycles. The van der Waals surface area contributed by atoms with Crippen LogP contribution in [0.15, 0.2) is 48.5 Å². The SMILES string of the molecule is NC(=O)c1ccc(COC(=O)c2ccccc2N)cc1. The van der Waals surface area contributed by atoms with Crippen molar-refractivity contribution >= 4 is 17.6 Å². The maximum absolute atomic E-state index is 11.8. The minimum Gasteiger partial charge on any atom is -0.457 e. The molecule has 0 aliphatic rings. The Balaban J connectivity index is 2.00. The summed E-state index contributed by atoms with van der Waals surface area (Å²) in [5.41, 5.74) is 12.7. The lowest BCUT2D eigenvalue weighted by Gasteiger charge is -2.07. The van der Waals surface area contributed by atoms with E-state index in [9.17, 15) is 9.59 Å². The van der Waals surface area contributed by atoms with Gasteiger partial charge in [-0.1, -0.05) is 24.3 Å². The van der Waals surface area contributed by atoms with Crippen LogP contribution in [0, 0.1) is 0 Å². The smallest absolute Gasteiger partial charge is 0.340 e. The topological polar surface area (TPSA) is 95.4 Å². The average molecular weight is 270 g/mol. The second kappa shape index (κ2) is 5.88. The lowest BCUT2D eigenvalue weighted by Crippen LogP contribution is -2.11. The van der Waals surface area contributed by atoms with Crippen LogP contribution in [0.3, 0.4) is 0 Å². The van der Waals surface area contributed by atoms with Gasteiger partial charge in [0.15, 0.2) is 0 Å². The van der Waals surface area contributed by atoms with E-state index in [4.69, 9.17) is 16.2 Å². The predicted octanol–water partition coefficient (Wildman–Crippen LogP) is 1.72. The fourth-order valence-electron chi connectivity index (χ4n) is 1.67. The molecule has 0 unspecified atom stereocenters. The molecule has 0 aromatic heterocycles. The number of carbonyl (C=O) groups excluding carboxylic acids is 2. The number of benzene rings is 2. The summed E-state index contributed by atoms with van der Waals surface area (Å²) < 4.78 is 5.16. The Morgan fingerprint density at radius 1 is 1.00 bits per heavy atom. The van der Waals surface area contributed by atoms with E-state index in [0.29, 0.717) is 16.8 Å². The number of rotatable bonds is 4. The highest BCUT2D eigenvalue weighted by Gasteiger charge is 2.10. The number of amides is 1. The first-order valence-corrected chi connectivity index (χ1v) is 5.98. The largest absolute Gasteiger partial charge is 0.457 e. The molecule has 0 saturated heterocycles. The molecular formula is C15H14N2O3. The Labute approximate surface area is 116 Å². The first-order chi connectivity index (χ1) is 9.58. The Kier molecular flexibility index (Phi) is 4.00. The maximum atomic E-state index is 11.8. The van der Waals surface area contributed by atoms with Gasteiger partial charge in [-0.05, 0) is 29.8 Å². The second-order valence-corrected chi connectivity index (χ2v) is 4.22. The van der Waals surface area contributed by atoms with Gasteiger partial charge in [0.05, 0.1) is 5.56 Å². The summed E-state index contributed by atoms with van der Waals surface area (Å²) in [5.74, 6) is -0.979. The molecular weight excluding hydrogens is 256 g/mol. The number of anilines is 1. The van der Waals surface area contributed by atoms with E-state index in [1.165, 1.54) is 0 Å². The van der Waals surface area contributed by atoms with E-state index in [2.05, 4.69) is 0 Å². The van der Waals surface area contributed by atoms with Crippen molar-refractivity contribution in [3.63, 3.8) is 0 Å². The summed E-state index contributed by atoms with van der Waals surface area (Å²) in [5, 5.41) is 0. The first-order valence-electron chi connectivity index (χ1n) is 5.98. The van der Waals surface area contributed by atoms with Crippen molar-refractivity contribution in [1.29, 1.82) is 0 Å². The molecule has 0 heterocycles. The number of hydrogen-bond donors (Lipinski definition) is 2. The lowest BCUT2D eigenvalue weighted by atomic mass is 10.1. The molecule has 20 heavy (non-hydrogen) atoms. The zero-order valence-electron chi connectivity index (χ0n) is 10.7. The zero-order valence-corrected chi connectivity index (χ0v) is 10.7. The highest BCUT2D eigenvalue weighted by Crippen LogP contribution is 2.13. The summed E-state index contributed by atoms with van der Waals surface area (Å²) in [6, 6.07) is 13.2. The van der Waals surface area contributed by atoms with Crippen molar-refractivity contribution < 1.29 is 14.3 Å². The third-order valence-electron chi connectivity index (χ3n) is 2.79. The van der Waals surface area contributed by atoms with Crippen LogP contribution >= 0.6 is 0 Å². The van der Waals surface area contributed by atoms with Crippen LogP contribution in [0.25, 0.3) is 0 Å². The molecule has 0 atom stereocenters. The van der Waals surface area contributed by atoms with Gasteiger partial charge in [-0.15, -0.1) is 0 Å². The fourth-order valence-corrected chi connectivity index (χ4v) is 1.67. The standard InChI is InChI=1S/C15H14N2O3/c16-13-4-2-1-3-12(13)15(19)20-9-10-5-7-11(8-6-10)14(17)18/h1-8H,9,16H2,(H2,17,18). The van der Waals surface area contributed by atoms with E-state index in [1.807, 2.05) is 0 Å². The van der Waals surface area contributed by atoms with Gasteiger partial charge >= 0.3 is 5.97 Å². The fraction of sp³-hybridized carbons (Fsp3) is 0.0667. The number of para-hydroxylation sites is 1. The maximum Gasteiger partial charge on any atom is 0.340 e. The van der Waals surface area contributed by atoms with Crippen LogP contribution in [0.2, 0.25) is 0 Å². The average Bonchev–Trinajstić information content (AvgIpc) is 2.45. The number of primary amides is 1. The van der Waals surface area contributed by atoms with Gasteiger partial charge in [0.1, 0.15) is 6.61 Å². The molecule has 102 valence electrons. The molecule has 0 bridgehead atoms. The molecule has 2 aromatic carbocycles. The molecule has 0 fully saturated rings. The van der Waals surface area contributed by atoms with Gasteiger partial charge in [-0.3, -0.25) is 4.79 Å². The molecule has 4 N–H and O–H groups in total. The number of ether oxygens (including phenoxy) is 1. The summed E-state index contributed by atoms with van der Waals surface area (Å²) in [4.78, 5) is 22.8. The third-order valence-corrected chi connectivity index (χ3v) is 2.79. The van der Waals surface area contributed by atoms with Crippen LogP contribution in [-0.2, 0) is 11.3 Å². The normalized spacial score (nSPS) is 10.0. The first kappa shape index (κ1) is 13.6. The van der Waals surface area contributed by atoms with E-state index in [1.54, 1.807) is 48.5 Å². The summed E-state index contributed by atoms with van der Waals surface area (Å²) in [7, 11) is 0. The Hall–Kier alpha value is -2.82. The van der Waals surface area contributed by atoms with Crippen molar-refractivity contribution in [2.24, 2.45) is 5.73 Å². The summed E-state index contributed by atoms with van der Waals surface area (Å²) in [6.07, 6.45) is 0. The van der Waals surface area contributed by atoms with Crippen molar-refractivity contribution in [3.05, 3.63) is 65.2 Å². The van der Waals surface area contributed by atoms with E-state index < -0.39 is 11.9 Å². The molecule has 0 aliphatic heterocycles. The molecule has 1 amide bonds. The third kappa shape index (κ3) is 3.14. The van der Waals surface area contributed by atoms with Crippen molar-refractivity contribution in [2.45, 2.75) is 6.61 Å². The van der Waals surface area contributed by atoms with E-state index >= 15 is 0 Å². The quantitative estimate of drug-likeness (QED) is 0.653. The van der Waals surface area contributed by atoms with E-state index in [0.717, 1.165) is 5.56 Å². The predicted molar refractivity (Wildman–Crippen MR) is 74.9 cm³/mol. The van der Waals surface area contributed by atoms with Gasteiger partial charge in [0.25, 0.3) is 0 Å². The molecule has 2 rings (SSSR count). The van der Waals surface area contributed by atoms with Crippen LogP contribution in [0.5, 0.6) is 0 Å². The van der Waals surface area contributed by atoms with Gasteiger partial charge in [-0.2, -0.15) is 0 Å². The monoisotopic (exact) mass is 270 g/mol. The van der Waals surface area contributed by atoms with Gasteiger partial charge in [0, 0.05) is 11.3 Å². The van der Waals surface area contributed by atoms with Crippen LogP contribution in [0.4, 0.5) is 5.69 Å². The molecule has 0 aliphatic carbocycles. The second-order valence-electron chi connectivity index (χ2n) is 4.22. The number of nitrogen functional groups attached to an aromatic ring is 1. The number of hydrogen-bond acceptors (Lipinski definition) is 4. The Bertz CT molecular complexity index is 636. The van der Waals surface area contributed by atoms with Crippen molar-refractivity contribution in [3.8, 4) is 0 Å². The molecule has 0 radical (unpaired) electrons. The number of carbonyl (C=O) groups is 2. The minimum atomic E-state index is -0.495. The zero-order chi connectivity index (χ0) is 14.5. The Morgan fingerprint density at radius 2 is 1.65 bits per heavy atom. The molecule has 5 nitrogen and oxygen atoms in total. The summed E-state index contributed by atoms with van der Waals surface area (Å²) >= 11 is 0. The number of esters is 1.